The second-order valence-corrected chi connectivity index (χ2v) is 1.92. The molecule has 0 saturated heterocycles. The van der Waals surface area contributed by atoms with E-state index in [1.807, 2.05) is 60.7 Å². The van der Waals surface area contributed by atoms with Gasteiger partial charge in [-0.1, -0.05) is 0 Å². The first kappa shape index (κ1) is 14.3. The number of hydrogen-bond donors (Lipinski definition) is 0. The first-order valence-electron chi connectivity index (χ1n) is 3.33. The average molecular weight is 193 g/mol. The quantitative estimate of drug-likeness (QED) is 0.402. The summed E-state index contributed by atoms with van der Waals surface area (Å²) in [6.07, 6.45) is 0. The molecule has 12 heavy (non-hydrogen) atoms. The van der Waals surface area contributed by atoms with Crippen LogP contribution in [0.15, 0.2) is 60.7 Å². The maximum Gasteiger partial charge on any atom is 2.00 e. The summed E-state index contributed by atoms with van der Waals surface area (Å²) in [6.45, 7) is 0. The summed E-state index contributed by atoms with van der Waals surface area (Å²) in [5, 5.41) is 0. The van der Waals surface area contributed by atoms with E-state index in [0.29, 0.717) is 0 Å². The van der Waals surface area contributed by atoms with Gasteiger partial charge in [0.05, 0.1) is 0 Å². The summed E-state index contributed by atoms with van der Waals surface area (Å²) < 4.78 is 0. The predicted molar refractivity (Wildman–Crippen MR) is 44.1 cm³/mol. The van der Waals surface area contributed by atoms with Crippen molar-refractivity contribution in [3.63, 3.8) is 0 Å². The van der Waals surface area contributed by atoms with Gasteiger partial charge in [0.25, 0.3) is 0 Å². The molecule has 2 aromatic rings. The van der Waals surface area contributed by atoms with E-state index in [1.54, 1.807) is 0 Å². The molecule has 58 valence electrons. The maximum absolute atomic E-state index is 2.00. The van der Waals surface area contributed by atoms with Crippen molar-refractivity contribution >= 4 is 0 Å². The maximum atomic E-state index is 2.00. The van der Waals surface area contributed by atoms with Gasteiger partial charge in [0.15, 0.2) is 0 Å². The smallest absolute Gasteiger partial charge is 0.214 e. The monoisotopic (exact) mass is 193 g/mol. The Bertz CT molecular complexity index is 149. The Morgan fingerprint density at radius 1 is 0.583 bits per heavy atom. The van der Waals surface area contributed by atoms with E-state index in [4.69, 9.17) is 0 Å². The van der Waals surface area contributed by atoms with Gasteiger partial charge in [0, 0.05) is 0 Å². The van der Waals surface area contributed by atoms with Crippen LogP contribution in [0.4, 0.5) is 0 Å². The van der Waals surface area contributed by atoms with Crippen LogP contribution in [0, 0.1) is 0 Å². The molecule has 0 aliphatic carbocycles. The Kier molecular flexibility index (Phi) is 12.9. The van der Waals surface area contributed by atoms with Gasteiger partial charge in [-0.25, -0.2) is 24.3 Å². The van der Waals surface area contributed by atoms with Gasteiger partial charge in [-0.05, 0) is 0 Å². The third-order valence-electron chi connectivity index (χ3n) is 1.11. The fraction of sp³-hybridized carbons (Fsp3) is 0. The topological polar surface area (TPSA) is 0 Å². The first-order chi connectivity index (χ1) is 5.00. The largest absolute Gasteiger partial charge is 2.00 e. The molecule has 2 aromatic carbocycles. The zero-order valence-corrected chi connectivity index (χ0v) is 8.23. The Balaban J connectivity index is 0. The normalized spacial score (nSPS) is 6.67. The van der Waals surface area contributed by atoms with E-state index < -0.39 is 0 Å². The molecule has 0 N–H and O–H groups in total. The first-order valence-corrected chi connectivity index (χ1v) is 3.33. The Labute approximate surface area is 96.4 Å². The van der Waals surface area contributed by atoms with Crippen LogP contribution in [-0.4, -0.2) is 0 Å². The van der Waals surface area contributed by atoms with E-state index in [2.05, 4.69) is 0 Å². The molecule has 0 nitrogen and oxygen atoms in total. The molecule has 0 unspecified atom stereocenters. The molecule has 0 aliphatic rings. The van der Waals surface area contributed by atoms with Crippen LogP contribution in [0.3, 0.4) is 0 Å². The summed E-state index contributed by atoms with van der Waals surface area (Å²) >= 11 is 0. The zero-order valence-electron chi connectivity index (χ0n) is 7.13. The van der Waals surface area contributed by atoms with Crippen molar-refractivity contribution in [2.24, 2.45) is 0 Å². The zero-order chi connectivity index (χ0) is 7.07. The van der Waals surface area contributed by atoms with Crippen LogP contribution >= 0.6 is 0 Å². The van der Waals surface area contributed by atoms with Crippen LogP contribution in [0.1, 0.15) is 0 Å². The molecule has 0 fully saturated rings. The summed E-state index contributed by atoms with van der Waals surface area (Å²) in [7, 11) is 0. The van der Waals surface area contributed by atoms with Crippen molar-refractivity contribution in [2.75, 3.05) is 0 Å². The molecule has 0 aromatic heterocycles. The fourth-order valence-corrected chi connectivity index (χ4v) is 0.642. The number of hydrogen-bond acceptors (Lipinski definition) is 0. The Hall–Kier alpha value is -0.183. The van der Waals surface area contributed by atoms with Crippen LogP contribution in [0.2, 0.25) is 0 Å². The van der Waals surface area contributed by atoms with Crippen molar-refractivity contribution in [1.82, 2.24) is 0 Å². The van der Waals surface area contributed by atoms with Crippen molar-refractivity contribution in [2.45, 2.75) is 0 Å². The SMILES string of the molecule is [Fe+2].[Li+].c1cc[cH-]c1.c1cc[cH-]c1. The minimum Gasteiger partial charge on any atom is -0.214 e. The molecule has 0 bridgehead atoms. The van der Waals surface area contributed by atoms with E-state index in [0.717, 1.165) is 0 Å². The molecule has 0 amide bonds. The van der Waals surface area contributed by atoms with Crippen molar-refractivity contribution in [3.8, 4) is 0 Å². The van der Waals surface area contributed by atoms with Gasteiger partial charge >= 0.3 is 35.9 Å². The molecule has 0 saturated carbocycles. The average Bonchev–Trinajstić information content (AvgIpc) is 2.67. The summed E-state index contributed by atoms with van der Waals surface area (Å²) in [5.74, 6) is 0. The third-order valence-corrected chi connectivity index (χ3v) is 1.11. The molecule has 0 spiro atoms. The second kappa shape index (κ2) is 10.8. The molecular weight excluding hydrogens is 183 g/mol. The molecule has 0 radical (unpaired) electrons. The van der Waals surface area contributed by atoms with Gasteiger partial charge < -0.3 is 0 Å². The molecule has 2 heteroatoms. The third kappa shape index (κ3) is 7.92. The van der Waals surface area contributed by atoms with E-state index in [-0.39, 0.29) is 35.9 Å². The van der Waals surface area contributed by atoms with Crippen molar-refractivity contribution < 1.29 is 35.9 Å². The molecule has 0 aliphatic heterocycles. The van der Waals surface area contributed by atoms with Gasteiger partial charge in [0.1, 0.15) is 0 Å². The minimum absolute atomic E-state index is 0. The van der Waals surface area contributed by atoms with Gasteiger partial charge in [-0.3, -0.25) is 0 Å². The van der Waals surface area contributed by atoms with Gasteiger partial charge in [0.2, 0.25) is 0 Å². The predicted octanol–water partition coefficient (Wildman–Crippen LogP) is -0.187. The van der Waals surface area contributed by atoms with E-state index in [1.165, 1.54) is 0 Å². The molecular formula is C10H10FeLi+. The number of rotatable bonds is 0. The van der Waals surface area contributed by atoms with E-state index >= 15 is 0 Å². The van der Waals surface area contributed by atoms with Gasteiger partial charge in [-0.15, -0.1) is 0 Å². The molecule has 0 heterocycles. The van der Waals surface area contributed by atoms with Crippen molar-refractivity contribution in [3.05, 3.63) is 60.7 Å². The van der Waals surface area contributed by atoms with Crippen LogP contribution in [0.5, 0.6) is 0 Å². The van der Waals surface area contributed by atoms with E-state index in [9.17, 15) is 0 Å². The summed E-state index contributed by atoms with van der Waals surface area (Å²) in [6, 6.07) is 20.0. The standard InChI is InChI=1S/2C5H5.Fe.Li/c2*1-2-4-5-3-1;;/h2*1-5H;;/q2*-1;+2;+1. The molecule has 0 atom stereocenters. The van der Waals surface area contributed by atoms with Crippen molar-refractivity contribution in [1.29, 1.82) is 0 Å². The molecule has 2 rings (SSSR count). The van der Waals surface area contributed by atoms with Crippen LogP contribution in [0.25, 0.3) is 0 Å². The fourth-order valence-electron chi connectivity index (χ4n) is 0.642. The van der Waals surface area contributed by atoms with Crippen LogP contribution < -0.4 is 18.9 Å². The Morgan fingerprint density at radius 2 is 0.833 bits per heavy atom. The summed E-state index contributed by atoms with van der Waals surface area (Å²) in [5.41, 5.74) is 0. The Morgan fingerprint density at radius 3 is 0.917 bits per heavy atom. The van der Waals surface area contributed by atoms with Gasteiger partial charge in [-0.2, -0.15) is 36.4 Å². The minimum atomic E-state index is 0. The second-order valence-electron chi connectivity index (χ2n) is 1.92. The van der Waals surface area contributed by atoms with Crippen LogP contribution in [-0.2, 0) is 17.1 Å². The summed E-state index contributed by atoms with van der Waals surface area (Å²) in [4.78, 5) is 0.